The standard InChI is InChI=1S/C18H19N5O/c1-18(2)13-6-4-5-7-15(13)23(3)16(18)8-9-21-22-17(24)14-12-19-10-11-20-14/h4-12H,1-3H3,(H,22,24)/b16-8+,21-9-. The highest BCUT2D eigenvalue weighted by molar-refractivity contribution is 5.92. The number of aromatic nitrogens is 2. The molecule has 1 aromatic carbocycles. The summed E-state index contributed by atoms with van der Waals surface area (Å²) in [6, 6.07) is 8.32. The van der Waals surface area contributed by atoms with Gasteiger partial charge in [-0.2, -0.15) is 5.10 Å². The number of allylic oxidation sites excluding steroid dienone is 2. The summed E-state index contributed by atoms with van der Waals surface area (Å²) in [5.74, 6) is -0.389. The van der Waals surface area contributed by atoms with Gasteiger partial charge in [-0.1, -0.05) is 32.0 Å². The Morgan fingerprint density at radius 1 is 1.29 bits per heavy atom. The molecule has 0 fully saturated rings. The maximum atomic E-state index is 11.9. The highest BCUT2D eigenvalue weighted by Gasteiger charge is 2.37. The first kappa shape index (κ1) is 15.9. The number of hydrogen-bond donors (Lipinski definition) is 1. The molecule has 0 saturated carbocycles. The van der Waals surface area contributed by atoms with E-state index in [0.29, 0.717) is 0 Å². The minimum Gasteiger partial charge on any atom is -0.347 e. The number of carbonyl (C=O) groups excluding carboxylic acids is 1. The number of fused-ring (bicyclic) bond motifs is 1. The van der Waals surface area contributed by atoms with Gasteiger partial charge in [-0.05, 0) is 17.7 Å². The summed E-state index contributed by atoms with van der Waals surface area (Å²) in [5, 5.41) is 3.98. The van der Waals surface area contributed by atoms with Gasteiger partial charge in [0.25, 0.3) is 5.91 Å². The second-order valence-corrected chi connectivity index (χ2v) is 6.06. The molecule has 24 heavy (non-hydrogen) atoms. The third-order valence-corrected chi connectivity index (χ3v) is 4.21. The van der Waals surface area contributed by atoms with Gasteiger partial charge in [-0.15, -0.1) is 0 Å². The molecule has 3 rings (SSSR count). The van der Waals surface area contributed by atoms with Gasteiger partial charge in [0.15, 0.2) is 0 Å². The minimum atomic E-state index is -0.389. The van der Waals surface area contributed by atoms with E-state index in [1.807, 2.05) is 25.3 Å². The number of carbonyl (C=O) groups is 1. The Kier molecular flexibility index (Phi) is 4.12. The van der Waals surface area contributed by atoms with Crippen molar-refractivity contribution in [2.24, 2.45) is 5.10 Å². The van der Waals surface area contributed by atoms with Crippen molar-refractivity contribution in [3.63, 3.8) is 0 Å². The molecule has 1 N–H and O–H groups in total. The number of rotatable bonds is 3. The van der Waals surface area contributed by atoms with E-state index in [-0.39, 0.29) is 17.0 Å². The van der Waals surface area contributed by atoms with Crippen molar-refractivity contribution in [2.75, 3.05) is 11.9 Å². The summed E-state index contributed by atoms with van der Waals surface area (Å²) in [7, 11) is 2.03. The van der Waals surface area contributed by atoms with Gasteiger partial charge in [0.05, 0.1) is 6.20 Å². The molecular formula is C18H19N5O. The van der Waals surface area contributed by atoms with E-state index in [1.54, 1.807) is 6.21 Å². The molecule has 122 valence electrons. The lowest BCUT2D eigenvalue weighted by Crippen LogP contribution is -2.23. The number of amides is 1. The largest absolute Gasteiger partial charge is 0.347 e. The third kappa shape index (κ3) is 2.78. The molecule has 1 aromatic heterocycles. The molecule has 0 unspecified atom stereocenters. The lowest BCUT2D eigenvalue weighted by atomic mass is 9.84. The zero-order valence-corrected chi connectivity index (χ0v) is 13.9. The van der Waals surface area contributed by atoms with Crippen molar-refractivity contribution >= 4 is 17.8 Å². The van der Waals surface area contributed by atoms with E-state index in [0.717, 1.165) is 5.70 Å². The van der Waals surface area contributed by atoms with Crippen LogP contribution in [0, 0.1) is 0 Å². The molecule has 0 atom stereocenters. The van der Waals surface area contributed by atoms with Gasteiger partial charge in [-0.25, -0.2) is 10.4 Å². The van der Waals surface area contributed by atoms with Crippen LogP contribution in [-0.2, 0) is 5.41 Å². The van der Waals surface area contributed by atoms with Crippen molar-refractivity contribution in [1.82, 2.24) is 15.4 Å². The monoisotopic (exact) mass is 321 g/mol. The van der Waals surface area contributed by atoms with Crippen LogP contribution < -0.4 is 10.3 Å². The molecule has 0 bridgehead atoms. The predicted octanol–water partition coefficient (Wildman–Crippen LogP) is 2.50. The highest BCUT2D eigenvalue weighted by Crippen LogP contribution is 2.46. The molecule has 1 aliphatic heterocycles. The number of para-hydroxylation sites is 1. The molecular weight excluding hydrogens is 302 g/mol. The Labute approximate surface area is 140 Å². The lowest BCUT2D eigenvalue weighted by molar-refractivity contribution is 0.0949. The fraction of sp³-hybridized carbons (Fsp3) is 0.222. The molecule has 1 amide bonds. The first-order valence-corrected chi connectivity index (χ1v) is 7.65. The normalized spacial score (nSPS) is 17.3. The van der Waals surface area contributed by atoms with Gasteiger partial charge in [0, 0.05) is 42.5 Å². The van der Waals surface area contributed by atoms with Crippen molar-refractivity contribution in [3.05, 3.63) is 65.9 Å². The number of anilines is 1. The maximum absolute atomic E-state index is 11.9. The quantitative estimate of drug-likeness (QED) is 0.696. The Bertz CT molecular complexity index is 811. The van der Waals surface area contributed by atoms with E-state index < -0.39 is 0 Å². The van der Waals surface area contributed by atoms with Crippen LogP contribution in [0.5, 0.6) is 0 Å². The van der Waals surface area contributed by atoms with Gasteiger partial charge in [0.1, 0.15) is 5.69 Å². The average molecular weight is 321 g/mol. The number of hydrazone groups is 1. The maximum Gasteiger partial charge on any atom is 0.291 e. The van der Waals surface area contributed by atoms with Gasteiger partial charge < -0.3 is 4.90 Å². The number of likely N-dealkylation sites (N-methyl/N-ethyl adjacent to an activating group) is 1. The van der Waals surface area contributed by atoms with Crippen molar-refractivity contribution in [2.45, 2.75) is 19.3 Å². The fourth-order valence-corrected chi connectivity index (χ4v) is 2.98. The van der Waals surface area contributed by atoms with Crippen LogP contribution in [0.2, 0.25) is 0 Å². The van der Waals surface area contributed by atoms with Crippen molar-refractivity contribution in [3.8, 4) is 0 Å². The molecule has 6 heteroatoms. The van der Waals surface area contributed by atoms with Crippen LogP contribution in [0.15, 0.2) is 59.7 Å². The van der Waals surface area contributed by atoms with Crippen LogP contribution in [0.1, 0.15) is 29.9 Å². The summed E-state index contributed by atoms with van der Waals surface area (Å²) in [6.07, 6.45) is 7.88. The second kappa shape index (κ2) is 6.23. The smallest absolute Gasteiger partial charge is 0.291 e. The summed E-state index contributed by atoms with van der Waals surface area (Å²) < 4.78 is 0. The molecule has 2 heterocycles. The molecule has 2 aromatic rings. The van der Waals surface area contributed by atoms with E-state index in [2.05, 4.69) is 51.4 Å². The summed E-state index contributed by atoms with van der Waals surface area (Å²) in [5.41, 5.74) is 6.13. The number of benzene rings is 1. The Balaban J connectivity index is 1.74. The number of hydrogen-bond acceptors (Lipinski definition) is 5. The number of nitrogens with one attached hydrogen (secondary N) is 1. The molecule has 1 aliphatic rings. The Morgan fingerprint density at radius 3 is 2.79 bits per heavy atom. The first-order valence-electron chi connectivity index (χ1n) is 7.65. The van der Waals surface area contributed by atoms with E-state index >= 15 is 0 Å². The first-order chi connectivity index (χ1) is 11.5. The Morgan fingerprint density at radius 2 is 2.08 bits per heavy atom. The molecule has 0 saturated heterocycles. The molecule has 0 aliphatic carbocycles. The Hall–Kier alpha value is -3.02. The van der Waals surface area contributed by atoms with E-state index in [4.69, 9.17) is 0 Å². The fourth-order valence-electron chi connectivity index (χ4n) is 2.98. The average Bonchev–Trinajstić information content (AvgIpc) is 2.80. The topological polar surface area (TPSA) is 70.5 Å². The SMILES string of the molecule is CN1/C(=C/C=N\NC(=O)c2cnccn2)C(C)(C)c2ccccc21. The lowest BCUT2D eigenvalue weighted by Gasteiger charge is -2.23. The highest BCUT2D eigenvalue weighted by atomic mass is 16.2. The van der Waals surface area contributed by atoms with Crippen molar-refractivity contribution in [1.29, 1.82) is 0 Å². The van der Waals surface area contributed by atoms with Crippen LogP contribution in [0.4, 0.5) is 5.69 Å². The summed E-state index contributed by atoms with van der Waals surface area (Å²) >= 11 is 0. The van der Waals surface area contributed by atoms with Crippen molar-refractivity contribution < 1.29 is 4.79 Å². The van der Waals surface area contributed by atoms with Crippen LogP contribution in [-0.4, -0.2) is 29.1 Å². The molecule has 0 spiro atoms. The summed E-state index contributed by atoms with van der Waals surface area (Å²) in [6.45, 7) is 4.35. The molecule has 6 nitrogen and oxygen atoms in total. The number of nitrogens with zero attached hydrogens (tertiary/aromatic N) is 4. The van der Waals surface area contributed by atoms with Crippen LogP contribution in [0.25, 0.3) is 0 Å². The predicted molar refractivity (Wildman–Crippen MR) is 93.9 cm³/mol. The van der Waals surface area contributed by atoms with Gasteiger partial charge in [0.2, 0.25) is 0 Å². The van der Waals surface area contributed by atoms with E-state index in [1.165, 1.54) is 29.8 Å². The summed E-state index contributed by atoms with van der Waals surface area (Å²) in [4.78, 5) is 21.8. The van der Waals surface area contributed by atoms with Crippen LogP contribution in [0.3, 0.4) is 0 Å². The van der Waals surface area contributed by atoms with Crippen LogP contribution >= 0.6 is 0 Å². The third-order valence-electron chi connectivity index (χ3n) is 4.21. The zero-order valence-electron chi connectivity index (χ0n) is 13.9. The minimum absolute atomic E-state index is 0.119. The second-order valence-electron chi connectivity index (χ2n) is 6.06. The van der Waals surface area contributed by atoms with E-state index in [9.17, 15) is 4.79 Å². The van der Waals surface area contributed by atoms with Gasteiger partial charge in [-0.3, -0.25) is 9.78 Å². The molecule has 0 radical (unpaired) electrons. The van der Waals surface area contributed by atoms with Gasteiger partial charge >= 0.3 is 0 Å². The zero-order chi connectivity index (χ0) is 17.2.